The van der Waals surface area contributed by atoms with Crippen LogP contribution in [-0.2, 0) is 4.79 Å². The average Bonchev–Trinajstić information content (AvgIpc) is 2.30. The minimum atomic E-state index is -0.123. The van der Waals surface area contributed by atoms with Gasteiger partial charge in [0.2, 0.25) is 5.91 Å². The van der Waals surface area contributed by atoms with Crippen molar-refractivity contribution in [2.24, 2.45) is 11.8 Å². The predicted octanol–water partition coefficient (Wildman–Crippen LogP) is 3.73. The van der Waals surface area contributed by atoms with E-state index in [0.717, 1.165) is 25.2 Å². The second-order valence-corrected chi connectivity index (χ2v) is 6.34. The lowest BCUT2D eigenvalue weighted by Gasteiger charge is -2.38. The van der Waals surface area contributed by atoms with Crippen LogP contribution < -0.4 is 5.32 Å². The van der Waals surface area contributed by atoms with Gasteiger partial charge in [-0.25, -0.2) is 0 Å². The fourth-order valence-corrected chi connectivity index (χ4v) is 2.72. The molecule has 0 atom stereocenters. The van der Waals surface area contributed by atoms with Crippen LogP contribution in [0.25, 0.3) is 0 Å². The molecule has 0 aliphatic heterocycles. The molecule has 0 radical (unpaired) electrons. The molecule has 0 heterocycles. The number of alkyl halides is 1. The largest absolute Gasteiger partial charge is 0.349 e. The van der Waals surface area contributed by atoms with Crippen LogP contribution in [0.3, 0.4) is 0 Å². The molecular weight excluding hydrogens is 234 g/mol. The maximum Gasteiger partial charge on any atom is 0.220 e. The lowest BCUT2D eigenvalue weighted by molar-refractivity contribution is -0.123. The highest BCUT2D eigenvalue weighted by atomic mass is 35.5. The Morgan fingerprint density at radius 1 is 1.41 bits per heavy atom. The molecule has 17 heavy (non-hydrogen) atoms. The first-order valence-corrected chi connectivity index (χ1v) is 7.38. The predicted molar refractivity (Wildman–Crippen MR) is 73.3 cm³/mol. The van der Waals surface area contributed by atoms with Crippen LogP contribution in [0.15, 0.2) is 0 Å². The lowest BCUT2D eigenvalue weighted by atomic mass is 9.78. The average molecular weight is 260 g/mol. The van der Waals surface area contributed by atoms with Crippen LogP contribution >= 0.6 is 11.6 Å². The molecule has 0 unspecified atom stereocenters. The molecule has 3 heteroatoms. The van der Waals surface area contributed by atoms with E-state index in [1.54, 1.807) is 0 Å². The Kier molecular flexibility index (Phi) is 5.78. The van der Waals surface area contributed by atoms with E-state index < -0.39 is 0 Å². The van der Waals surface area contributed by atoms with Gasteiger partial charge in [0, 0.05) is 12.3 Å². The summed E-state index contributed by atoms with van der Waals surface area (Å²) in [5, 5.41) is 3.19. The van der Waals surface area contributed by atoms with Crippen LogP contribution in [0.5, 0.6) is 0 Å². The number of nitrogens with one attached hydrogen (secondary N) is 1. The van der Waals surface area contributed by atoms with Crippen molar-refractivity contribution in [3.63, 3.8) is 0 Å². The summed E-state index contributed by atoms with van der Waals surface area (Å²) in [4.78, 5) is 11.9. The summed E-state index contributed by atoms with van der Waals surface area (Å²) in [6.07, 6.45) is 6.01. The van der Waals surface area contributed by atoms with Gasteiger partial charge in [0.05, 0.1) is 5.54 Å². The quantitative estimate of drug-likeness (QED) is 0.749. The van der Waals surface area contributed by atoms with Crippen molar-refractivity contribution in [1.82, 2.24) is 5.32 Å². The maximum atomic E-state index is 11.9. The molecule has 1 amide bonds. The maximum absolute atomic E-state index is 11.9. The number of amides is 1. The number of carbonyl (C=O) groups is 1. The van der Waals surface area contributed by atoms with Gasteiger partial charge in [0.15, 0.2) is 0 Å². The minimum absolute atomic E-state index is 0.123. The molecule has 1 saturated carbocycles. The third kappa shape index (κ3) is 4.87. The molecule has 1 aliphatic rings. The molecule has 100 valence electrons. The third-order valence-electron chi connectivity index (χ3n) is 3.84. The van der Waals surface area contributed by atoms with Crippen molar-refractivity contribution in [2.45, 2.75) is 64.8 Å². The molecule has 0 bridgehead atoms. The van der Waals surface area contributed by atoms with Crippen molar-refractivity contribution in [3.05, 3.63) is 0 Å². The van der Waals surface area contributed by atoms with E-state index in [0.29, 0.717) is 18.2 Å². The Bertz CT molecular complexity index is 245. The highest BCUT2D eigenvalue weighted by Crippen LogP contribution is 2.32. The first kappa shape index (κ1) is 14.8. The molecule has 0 aromatic heterocycles. The van der Waals surface area contributed by atoms with E-state index in [9.17, 15) is 4.79 Å². The third-order valence-corrected chi connectivity index (χ3v) is 4.35. The second kappa shape index (κ2) is 6.63. The van der Waals surface area contributed by atoms with Gasteiger partial charge in [-0.1, -0.05) is 20.8 Å². The topological polar surface area (TPSA) is 29.1 Å². The monoisotopic (exact) mass is 259 g/mol. The molecule has 0 aromatic rings. The summed E-state index contributed by atoms with van der Waals surface area (Å²) in [5.74, 6) is 2.08. The van der Waals surface area contributed by atoms with E-state index in [1.807, 2.05) is 0 Å². The second-order valence-electron chi connectivity index (χ2n) is 6.08. The molecule has 0 spiro atoms. The van der Waals surface area contributed by atoms with E-state index in [2.05, 4.69) is 26.1 Å². The number of hydrogen-bond acceptors (Lipinski definition) is 1. The minimum Gasteiger partial charge on any atom is -0.349 e. The molecule has 1 rings (SSSR count). The summed E-state index contributed by atoms with van der Waals surface area (Å²) in [7, 11) is 0. The van der Waals surface area contributed by atoms with Gasteiger partial charge < -0.3 is 5.32 Å². The van der Waals surface area contributed by atoms with Gasteiger partial charge in [0.1, 0.15) is 0 Å². The van der Waals surface area contributed by atoms with Crippen molar-refractivity contribution in [1.29, 1.82) is 0 Å². The van der Waals surface area contributed by atoms with Crippen LogP contribution in [0, 0.1) is 11.8 Å². The standard InChI is InChI=1S/C14H26ClNO/c1-11(2)4-5-13(17)16-14(10-15)8-6-12(3)7-9-14/h11-12H,4-10H2,1-3H3,(H,16,17). The first-order valence-electron chi connectivity index (χ1n) is 6.84. The molecule has 2 nitrogen and oxygen atoms in total. The summed E-state index contributed by atoms with van der Waals surface area (Å²) >= 11 is 6.08. The highest BCUT2D eigenvalue weighted by molar-refractivity contribution is 6.18. The Morgan fingerprint density at radius 3 is 2.47 bits per heavy atom. The van der Waals surface area contributed by atoms with Gasteiger partial charge in [-0.05, 0) is 43.9 Å². The van der Waals surface area contributed by atoms with Crippen molar-refractivity contribution in [3.8, 4) is 0 Å². The van der Waals surface area contributed by atoms with Crippen LogP contribution in [-0.4, -0.2) is 17.3 Å². The van der Waals surface area contributed by atoms with E-state index in [4.69, 9.17) is 11.6 Å². The summed E-state index contributed by atoms with van der Waals surface area (Å²) < 4.78 is 0. The Labute approximate surface area is 110 Å². The molecular formula is C14H26ClNO. The van der Waals surface area contributed by atoms with E-state index >= 15 is 0 Å². The fraction of sp³-hybridized carbons (Fsp3) is 0.929. The van der Waals surface area contributed by atoms with Gasteiger partial charge in [0.25, 0.3) is 0 Å². The summed E-state index contributed by atoms with van der Waals surface area (Å²) in [6.45, 7) is 6.57. The summed E-state index contributed by atoms with van der Waals surface area (Å²) in [5.41, 5.74) is -0.123. The van der Waals surface area contributed by atoms with E-state index in [1.165, 1.54) is 12.8 Å². The van der Waals surface area contributed by atoms with Gasteiger partial charge >= 0.3 is 0 Å². The molecule has 0 saturated heterocycles. The van der Waals surface area contributed by atoms with Gasteiger partial charge in [-0.2, -0.15) is 0 Å². The number of rotatable bonds is 5. The smallest absolute Gasteiger partial charge is 0.220 e. The van der Waals surface area contributed by atoms with Crippen LogP contribution in [0.2, 0.25) is 0 Å². The molecule has 1 N–H and O–H groups in total. The molecule has 1 fully saturated rings. The number of halogens is 1. The lowest BCUT2D eigenvalue weighted by Crippen LogP contribution is -2.52. The zero-order valence-electron chi connectivity index (χ0n) is 11.4. The fourth-order valence-electron chi connectivity index (χ4n) is 2.38. The SMILES string of the molecule is CC(C)CCC(=O)NC1(CCl)CCC(C)CC1. The van der Waals surface area contributed by atoms with Crippen molar-refractivity contribution >= 4 is 17.5 Å². The molecule has 0 aromatic carbocycles. The van der Waals surface area contributed by atoms with Gasteiger partial charge in [-0.15, -0.1) is 11.6 Å². The van der Waals surface area contributed by atoms with Crippen molar-refractivity contribution < 1.29 is 4.79 Å². The Hall–Kier alpha value is -0.240. The van der Waals surface area contributed by atoms with Crippen LogP contribution in [0.1, 0.15) is 59.3 Å². The Balaban J connectivity index is 2.43. The van der Waals surface area contributed by atoms with Crippen molar-refractivity contribution in [2.75, 3.05) is 5.88 Å². The zero-order chi connectivity index (χ0) is 12.9. The zero-order valence-corrected chi connectivity index (χ0v) is 12.1. The van der Waals surface area contributed by atoms with E-state index in [-0.39, 0.29) is 11.4 Å². The summed E-state index contributed by atoms with van der Waals surface area (Å²) in [6, 6.07) is 0. The first-order chi connectivity index (χ1) is 7.97. The highest BCUT2D eigenvalue weighted by Gasteiger charge is 2.34. The molecule has 1 aliphatic carbocycles. The number of hydrogen-bond donors (Lipinski definition) is 1. The Morgan fingerprint density at radius 2 is 2.00 bits per heavy atom. The van der Waals surface area contributed by atoms with Crippen LogP contribution in [0.4, 0.5) is 0 Å². The number of carbonyl (C=O) groups excluding carboxylic acids is 1. The van der Waals surface area contributed by atoms with Gasteiger partial charge in [-0.3, -0.25) is 4.79 Å². The normalized spacial score (nSPS) is 29.4.